The van der Waals surface area contributed by atoms with Gasteiger partial charge in [-0.05, 0) is 48.7 Å². The third kappa shape index (κ3) is 5.06. The number of hydrogen-bond acceptors (Lipinski definition) is 6. The van der Waals surface area contributed by atoms with Crippen LogP contribution >= 0.6 is 23.5 Å². The van der Waals surface area contributed by atoms with Crippen LogP contribution in [0, 0.1) is 0 Å². The molecule has 0 saturated carbocycles. The third-order valence-corrected chi connectivity index (χ3v) is 7.76. The van der Waals surface area contributed by atoms with Crippen LogP contribution in [0.1, 0.15) is 17.7 Å². The van der Waals surface area contributed by atoms with Crippen molar-refractivity contribution in [2.75, 3.05) is 23.0 Å². The molecule has 0 saturated heterocycles. The summed E-state index contributed by atoms with van der Waals surface area (Å²) in [6.45, 7) is 0.623. The fourth-order valence-corrected chi connectivity index (χ4v) is 6.14. The lowest BCUT2D eigenvalue weighted by molar-refractivity contribution is -0.274. The molecule has 2 aliphatic heterocycles. The SMILES string of the molecule is O=C(CSc1nc2c(c(=O)n1-c1ccc(OC(F)(F)F)cc1)SCC2)N1CCCc2ccccc21. The largest absolute Gasteiger partial charge is 0.573 e. The zero-order valence-corrected chi connectivity index (χ0v) is 20.0. The number of anilines is 1. The van der Waals surface area contributed by atoms with Crippen molar-refractivity contribution in [3.8, 4) is 11.4 Å². The van der Waals surface area contributed by atoms with E-state index in [4.69, 9.17) is 0 Å². The van der Waals surface area contributed by atoms with E-state index in [0.717, 1.165) is 53.7 Å². The number of thioether (sulfide) groups is 2. The molecule has 3 heterocycles. The number of fused-ring (bicyclic) bond motifs is 2. The van der Waals surface area contributed by atoms with E-state index >= 15 is 0 Å². The molecule has 0 bridgehead atoms. The highest BCUT2D eigenvalue weighted by molar-refractivity contribution is 8.00. The van der Waals surface area contributed by atoms with Gasteiger partial charge in [0, 0.05) is 24.4 Å². The van der Waals surface area contributed by atoms with Crippen LogP contribution in [-0.2, 0) is 17.6 Å². The maximum atomic E-state index is 13.3. The molecule has 0 spiro atoms. The van der Waals surface area contributed by atoms with Gasteiger partial charge >= 0.3 is 6.36 Å². The van der Waals surface area contributed by atoms with Crippen molar-refractivity contribution in [3.63, 3.8) is 0 Å². The maximum absolute atomic E-state index is 13.3. The fourth-order valence-electron chi connectivity index (χ4n) is 4.21. The van der Waals surface area contributed by atoms with Crippen LogP contribution in [0.15, 0.2) is 63.4 Å². The number of nitrogens with zero attached hydrogens (tertiary/aromatic N) is 3. The van der Waals surface area contributed by atoms with Gasteiger partial charge in [0.15, 0.2) is 5.16 Å². The van der Waals surface area contributed by atoms with Crippen LogP contribution in [0.4, 0.5) is 18.9 Å². The van der Waals surface area contributed by atoms with E-state index in [-0.39, 0.29) is 23.0 Å². The van der Waals surface area contributed by atoms with Crippen LogP contribution in [0.5, 0.6) is 5.75 Å². The molecule has 1 aromatic heterocycles. The number of amides is 1. The van der Waals surface area contributed by atoms with Gasteiger partial charge in [0.25, 0.3) is 5.56 Å². The Labute approximate surface area is 207 Å². The van der Waals surface area contributed by atoms with Crippen LogP contribution in [0.3, 0.4) is 0 Å². The summed E-state index contributed by atoms with van der Waals surface area (Å²) < 4.78 is 42.9. The number of halogens is 3. The van der Waals surface area contributed by atoms with Crippen LogP contribution < -0.4 is 15.2 Å². The van der Waals surface area contributed by atoms with Gasteiger partial charge in [0.1, 0.15) is 5.75 Å². The molecule has 0 unspecified atom stereocenters. The smallest absolute Gasteiger partial charge is 0.406 e. The van der Waals surface area contributed by atoms with Gasteiger partial charge in [-0.25, -0.2) is 4.98 Å². The molecular weight excluding hydrogens is 499 g/mol. The number of carbonyl (C=O) groups excluding carboxylic acids is 1. The first kappa shape index (κ1) is 23.8. The molecule has 35 heavy (non-hydrogen) atoms. The third-order valence-electron chi connectivity index (χ3n) is 5.73. The molecule has 182 valence electrons. The zero-order valence-electron chi connectivity index (χ0n) is 18.4. The topological polar surface area (TPSA) is 64.4 Å². The first-order valence-corrected chi connectivity index (χ1v) is 12.9. The van der Waals surface area contributed by atoms with E-state index < -0.39 is 6.36 Å². The van der Waals surface area contributed by atoms with Crippen LogP contribution in [0.25, 0.3) is 5.69 Å². The summed E-state index contributed by atoms with van der Waals surface area (Å²) in [5.74, 6) is 0.327. The van der Waals surface area contributed by atoms with Gasteiger partial charge in [-0.2, -0.15) is 0 Å². The number of aryl methyl sites for hydroxylation is 2. The molecule has 3 aromatic rings. The average Bonchev–Trinajstić information content (AvgIpc) is 3.31. The van der Waals surface area contributed by atoms with Crippen molar-refractivity contribution in [2.45, 2.75) is 35.7 Å². The Balaban J connectivity index is 1.43. The summed E-state index contributed by atoms with van der Waals surface area (Å²) in [6.07, 6.45) is -2.36. The highest BCUT2D eigenvalue weighted by Gasteiger charge is 2.31. The molecule has 0 fully saturated rings. The number of rotatable bonds is 5. The zero-order chi connectivity index (χ0) is 24.6. The van der Waals surface area contributed by atoms with E-state index in [1.807, 2.05) is 24.3 Å². The number of carbonyl (C=O) groups is 1. The van der Waals surface area contributed by atoms with Gasteiger partial charge in [-0.3, -0.25) is 14.2 Å². The number of para-hydroxylation sites is 1. The first-order chi connectivity index (χ1) is 16.8. The maximum Gasteiger partial charge on any atom is 0.573 e. The molecule has 11 heteroatoms. The molecule has 2 aliphatic rings. The van der Waals surface area contributed by atoms with Gasteiger partial charge in [0.2, 0.25) is 5.91 Å². The second-order valence-corrected chi connectivity index (χ2v) is 10.1. The highest BCUT2D eigenvalue weighted by Crippen LogP contribution is 2.32. The van der Waals surface area contributed by atoms with Crippen molar-refractivity contribution in [1.29, 1.82) is 0 Å². The first-order valence-electron chi connectivity index (χ1n) is 11.0. The van der Waals surface area contributed by atoms with Gasteiger partial charge < -0.3 is 9.64 Å². The lowest BCUT2D eigenvalue weighted by Crippen LogP contribution is -2.36. The molecule has 1 amide bonds. The Morgan fingerprint density at radius 3 is 2.66 bits per heavy atom. The number of hydrogen-bond donors (Lipinski definition) is 0. The molecular formula is C24H20F3N3O3S2. The van der Waals surface area contributed by atoms with E-state index in [0.29, 0.717) is 34.4 Å². The minimum atomic E-state index is -4.81. The molecule has 0 N–H and O–H groups in total. The molecule has 5 rings (SSSR count). The Kier molecular flexibility index (Phi) is 6.54. The Morgan fingerprint density at radius 2 is 1.89 bits per heavy atom. The highest BCUT2D eigenvalue weighted by atomic mass is 32.2. The minimum Gasteiger partial charge on any atom is -0.406 e. The molecule has 0 aliphatic carbocycles. The minimum absolute atomic E-state index is 0.0714. The predicted octanol–water partition coefficient (Wildman–Crippen LogP) is 4.85. The Morgan fingerprint density at radius 1 is 1.11 bits per heavy atom. The lowest BCUT2D eigenvalue weighted by atomic mass is 10.0. The predicted molar refractivity (Wildman–Crippen MR) is 129 cm³/mol. The number of alkyl halides is 3. The molecule has 0 radical (unpaired) electrons. The monoisotopic (exact) mass is 519 g/mol. The van der Waals surface area contributed by atoms with Gasteiger partial charge in [-0.15, -0.1) is 24.9 Å². The molecule has 6 nitrogen and oxygen atoms in total. The summed E-state index contributed by atoms with van der Waals surface area (Å²) >= 11 is 2.56. The van der Waals surface area contributed by atoms with Crippen molar-refractivity contribution >= 4 is 35.1 Å². The fraction of sp³-hybridized carbons (Fsp3) is 0.292. The van der Waals surface area contributed by atoms with E-state index in [1.165, 1.54) is 28.5 Å². The van der Waals surface area contributed by atoms with Crippen molar-refractivity contribution in [2.24, 2.45) is 0 Å². The van der Waals surface area contributed by atoms with E-state index in [1.54, 1.807) is 4.90 Å². The average molecular weight is 520 g/mol. The second kappa shape index (κ2) is 9.62. The van der Waals surface area contributed by atoms with E-state index in [9.17, 15) is 22.8 Å². The summed E-state index contributed by atoms with van der Waals surface area (Å²) in [5, 5.41) is 0.333. The van der Waals surface area contributed by atoms with Gasteiger partial charge in [0.05, 0.1) is 22.0 Å². The standard InChI is InChI=1S/C24H20F3N3O3S2/c25-24(26,27)33-17-9-7-16(8-10-17)30-22(32)21-18(11-13-34-21)28-23(30)35-14-20(31)29-12-3-5-15-4-1-2-6-19(15)29/h1-2,4,6-10H,3,5,11-14H2. The van der Waals surface area contributed by atoms with Crippen molar-refractivity contribution < 1.29 is 22.7 Å². The number of ether oxygens (including phenoxy) is 1. The molecule has 0 atom stereocenters. The normalized spacial score (nSPS) is 15.0. The number of benzene rings is 2. The van der Waals surface area contributed by atoms with Gasteiger partial charge in [-0.1, -0.05) is 30.0 Å². The summed E-state index contributed by atoms with van der Waals surface area (Å²) in [5.41, 5.74) is 2.78. The Hall–Kier alpha value is -2.92. The lowest BCUT2D eigenvalue weighted by Gasteiger charge is -2.29. The second-order valence-electron chi connectivity index (χ2n) is 8.02. The van der Waals surface area contributed by atoms with Crippen LogP contribution in [0.2, 0.25) is 0 Å². The quantitative estimate of drug-likeness (QED) is 0.355. The molecule has 2 aromatic carbocycles. The summed E-state index contributed by atoms with van der Waals surface area (Å²) in [7, 11) is 0. The summed E-state index contributed by atoms with van der Waals surface area (Å²) in [6, 6.07) is 12.9. The van der Waals surface area contributed by atoms with E-state index in [2.05, 4.69) is 9.72 Å². The Bertz CT molecular complexity index is 1330. The number of aromatic nitrogens is 2. The van der Waals surface area contributed by atoms with Crippen molar-refractivity contribution in [1.82, 2.24) is 9.55 Å². The van der Waals surface area contributed by atoms with Crippen molar-refractivity contribution in [3.05, 3.63) is 70.1 Å². The van der Waals surface area contributed by atoms with Crippen LogP contribution in [-0.4, -0.2) is 39.9 Å². The summed E-state index contributed by atoms with van der Waals surface area (Å²) in [4.78, 5) is 33.4.